The standard InChI is InChI=1S/C23H20N2O2/c1-17-8-7-11-19(14-17)16-24-21-13-6-5-12-20(21)22(26)25(23(24)27)15-18-9-3-2-4-10-18/h2-14H,15-16H2,1H3. The summed E-state index contributed by atoms with van der Waals surface area (Å²) >= 11 is 0. The van der Waals surface area contributed by atoms with Crippen LogP contribution < -0.4 is 11.2 Å². The molecule has 0 radical (unpaired) electrons. The van der Waals surface area contributed by atoms with Crippen LogP contribution in [0.15, 0.2) is 88.5 Å². The third kappa shape index (κ3) is 3.34. The van der Waals surface area contributed by atoms with Gasteiger partial charge >= 0.3 is 5.69 Å². The highest BCUT2D eigenvalue weighted by atomic mass is 16.2. The van der Waals surface area contributed by atoms with Crippen LogP contribution in [0, 0.1) is 6.92 Å². The first-order chi connectivity index (χ1) is 13.1. The zero-order chi connectivity index (χ0) is 18.8. The topological polar surface area (TPSA) is 44.0 Å². The predicted molar refractivity (Wildman–Crippen MR) is 108 cm³/mol. The lowest BCUT2D eigenvalue weighted by Gasteiger charge is -2.14. The molecule has 0 saturated heterocycles. The molecule has 4 nitrogen and oxygen atoms in total. The van der Waals surface area contributed by atoms with E-state index in [1.807, 2.05) is 73.7 Å². The second kappa shape index (κ2) is 7.08. The van der Waals surface area contributed by atoms with E-state index >= 15 is 0 Å². The van der Waals surface area contributed by atoms with Gasteiger partial charge < -0.3 is 0 Å². The van der Waals surface area contributed by atoms with E-state index in [-0.39, 0.29) is 17.8 Å². The Kier molecular flexibility index (Phi) is 4.47. The third-order valence-corrected chi connectivity index (χ3v) is 4.74. The molecule has 0 N–H and O–H groups in total. The van der Waals surface area contributed by atoms with E-state index < -0.39 is 0 Å². The Labute approximate surface area is 157 Å². The quantitative estimate of drug-likeness (QED) is 0.561. The molecule has 0 aliphatic rings. The minimum Gasteiger partial charge on any atom is -0.289 e. The molecule has 1 aromatic heterocycles. The van der Waals surface area contributed by atoms with Gasteiger partial charge in [0.25, 0.3) is 5.56 Å². The molecular weight excluding hydrogens is 336 g/mol. The minimum absolute atomic E-state index is 0.250. The maximum atomic E-state index is 13.2. The Morgan fingerprint density at radius 3 is 2.15 bits per heavy atom. The van der Waals surface area contributed by atoms with Crippen molar-refractivity contribution < 1.29 is 0 Å². The Morgan fingerprint density at radius 1 is 0.704 bits per heavy atom. The van der Waals surface area contributed by atoms with Gasteiger partial charge in [0.2, 0.25) is 0 Å². The van der Waals surface area contributed by atoms with Gasteiger partial charge in [0.1, 0.15) is 0 Å². The first-order valence-corrected chi connectivity index (χ1v) is 8.95. The lowest BCUT2D eigenvalue weighted by Crippen LogP contribution is -2.40. The lowest BCUT2D eigenvalue weighted by atomic mass is 10.1. The van der Waals surface area contributed by atoms with Crippen LogP contribution in [0.2, 0.25) is 0 Å². The van der Waals surface area contributed by atoms with Crippen LogP contribution in [0.3, 0.4) is 0 Å². The molecule has 0 saturated carbocycles. The van der Waals surface area contributed by atoms with Gasteiger partial charge in [-0.15, -0.1) is 0 Å². The maximum absolute atomic E-state index is 13.2. The molecule has 4 rings (SSSR count). The van der Waals surface area contributed by atoms with Crippen molar-refractivity contribution in [1.82, 2.24) is 9.13 Å². The summed E-state index contributed by atoms with van der Waals surface area (Å²) in [6, 6.07) is 25.0. The van der Waals surface area contributed by atoms with Crippen LogP contribution in [0.25, 0.3) is 10.9 Å². The lowest BCUT2D eigenvalue weighted by molar-refractivity contribution is 0.635. The fraction of sp³-hybridized carbons (Fsp3) is 0.130. The van der Waals surface area contributed by atoms with E-state index in [0.717, 1.165) is 16.7 Å². The number of aromatic nitrogens is 2. The second-order valence-electron chi connectivity index (χ2n) is 6.75. The Hall–Kier alpha value is -3.40. The van der Waals surface area contributed by atoms with Crippen LogP contribution in [-0.4, -0.2) is 9.13 Å². The fourth-order valence-electron chi connectivity index (χ4n) is 3.42. The molecule has 0 unspecified atom stereocenters. The summed E-state index contributed by atoms with van der Waals surface area (Å²) in [5.74, 6) is 0. The zero-order valence-electron chi connectivity index (χ0n) is 15.1. The van der Waals surface area contributed by atoms with Crippen molar-refractivity contribution in [2.24, 2.45) is 0 Å². The zero-order valence-corrected chi connectivity index (χ0v) is 15.1. The van der Waals surface area contributed by atoms with E-state index in [0.29, 0.717) is 17.4 Å². The molecule has 1 heterocycles. The number of nitrogens with zero attached hydrogens (tertiary/aromatic N) is 2. The van der Waals surface area contributed by atoms with Gasteiger partial charge in [-0.05, 0) is 30.2 Å². The van der Waals surface area contributed by atoms with Crippen molar-refractivity contribution in [2.45, 2.75) is 20.0 Å². The number of rotatable bonds is 4. The molecule has 0 amide bonds. The maximum Gasteiger partial charge on any atom is 0.332 e. The molecule has 4 heteroatoms. The van der Waals surface area contributed by atoms with Crippen molar-refractivity contribution >= 4 is 10.9 Å². The van der Waals surface area contributed by atoms with Gasteiger partial charge in [0.15, 0.2) is 0 Å². The average Bonchev–Trinajstić information content (AvgIpc) is 2.69. The summed E-state index contributed by atoms with van der Waals surface area (Å²) in [5.41, 5.74) is 3.23. The summed E-state index contributed by atoms with van der Waals surface area (Å²) in [4.78, 5) is 26.2. The third-order valence-electron chi connectivity index (χ3n) is 4.74. The van der Waals surface area contributed by atoms with Gasteiger partial charge in [-0.3, -0.25) is 13.9 Å². The molecule has 3 aromatic carbocycles. The molecule has 0 aliphatic heterocycles. The monoisotopic (exact) mass is 356 g/mol. The van der Waals surface area contributed by atoms with E-state index in [1.54, 1.807) is 10.6 Å². The van der Waals surface area contributed by atoms with Crippen molar-refractivity contribution in [3.63, 3.8) is 0 Å². The van der Waals surface area contributed by atoms with Gasteiger partial charge in [-0.2, -0.15) is 0 Å². The van der Waals surface area contributed by atoms with Crippen molar-refractivity contribution in [1.29, 1.82) is 0 Å². The first kappa shape index (κ1) is 17.0. The number of benzene rings is 3. The summed E-state index contributed by atoms with van der Waals surface area (Å²) in [6.45, 7) is 2.72. The predicted octanol–water partition coefficient (Wildman–Crippen LogP) is 3.57. The van der Waals surface area contributed by atoms with Gasteiger partial charge in [0, 0.05) is 0 Å². The molecule has 0 fully saturated rings. The van der Waals surface area contributed by atoms with E-state index in [1.165, 1.54) is 4.57 Å². The minimum atomic E-state index is -0.288. The molecule has 0 aliphatic carbocycles. The molecule has 4 aromatic rings. The van der Waals surface area contributed by atoms with Gasteiger partial charge in [0.05, 0.1) is 24.0 Å². The average molecular weight is 356 g/mol. The molecule has 0 bridgehead atoms. The highest BCUT2D eigenvalue weighted by Crippen LogP contribution is 2.12. The highest BCUT2D eigenvalue weighted by molar-refractivity contribution is 5.77. The fourth-order valence-corrected chi connectivity index (χ4v) is 3.42. The van der Waals surface area contributed by atoms with E-state index in [9.17, 15) is 9.59 Å². The Balaban J connectivity index is 1.92. The van der Waals surface area contributed by atoms with E-state index in [2.05, 4.69) is 6.07 Å². The van der Waals surface area contributed by atoms with Crippen LogP contribution in [0.4, 0.5) is 0 Å². The van der Waals surface area contributed by atoms with Gasteiger partial charge in [-0.25, -0.2) is 4.79 Å². The second-order valence-corrected chi connectivity index (χ2v) is 6.75. The van der Waals surface area contributed by atoms with E-state index in [4.69, 9.17) is 0 Å². The van der Waals surface area contributed by atoms with Crippen LogP contribution >= 0.6 is 0 Å². The van der Waals surface area contributed by atoms with Crippen LogP contribution in [0.1, 0.15) is 16.7 Å². The molecule has 0 atom stereocenters. The first-order valence-electron chi connectivity index (χ1n) is 8.95. The molecule has 0 spiro atoms. The Bertz CT molecular complexity index is 1220. The summed E-state index contributed by atoms with van der Waals surface area (Å²) < 4.78 is 3.02. The van der Waals surface area contributed by atoms with Crippen LogP contribution in [-0.2, 0) is 13.1 Å². The number of hydrogen-bond donors (Lipinski definition) is 0. The van der Waals surface area contributed by atoms with Crippen molar-refractivity contribution in [2.75, 3.05) is 0 Å². The summed E-state index contributed by atoms with van der Waals surface area (Å²) in [7, 11) is 0. The SMILES string of the molecule is Cc1cccc(Cn2c(=O)n(Cc3ccccc3)c(=O)c3ccccc32)c1. The number of para-hydroxylation sites is 1. The highest BCUT2D eigenvalue weighted by Gasteiger charge is 2.13. The number of hydrogen-bond acceptors (Lipinski definition) is 2. The summed E-state index contributed by atoms with van der Waals surface area (Å²) in [6.07, 6.45) is 0. The molecule has 27 heavy (non-hydrogen) atoms. The van der Waals surface area contributed by atoms with Gasteiger partial charge in [-0.1, -0.05) is 72.3 Å². The van der Waals surface area contributed by atoms with Crippen molar-refractivity contribution in [3.05, 3.63) is 116 Å². The summed E-state index contributed by atoms with van der Waals surface area (Å²) in [5, 5.41) is 0.556. The largest absolute Gasteiger partial charge is 0.332 e. The normalized spacial score (nSPS) is 11.0. The Morgan fingerprint density at radius 2 is 1.37 bits per heavy atom. The van der Waals surface area contributed by atoms with Crippen LogP contribution in [0.5, 0.6) is 0 Å². The smallest absolute Gasteiger partial charge is 0.289 e. The van der Waals surface area contributed by atoms with Crippen molar-refractivity contribution in [3.8, 4) is 0 Å². The molecular formula is C23H20N2O2. The number of aryl methyl sites for hydroxylation is 1. The number of fused-ring (bicyclic) bond motifs is 1. The molecule has 134 valence electrons.